The minimum atomic E-state index is -0.476. The van der Waals surface area contributed by atoms with E-state index in [-0.39, 0.29) is 6.10 Å². The number of rotatable bonds is 3. The first kappa shape index (κ1) is 18.3. The molecule has 1 saturated heterocycles. The highest BCUT2D eigenvalue weighted by molar-refractivity contribution is 5.71. The van der Waals surface area contributed by atoms with Gasteiger partial charge in [0.15, 0.2) is 5.65 Å². The molecule has 2 fully saturated rings. The van der Waals surface area contributed by atoms with E-state index in [2.05, 4.69) is 24.8 Å². The lowest BCUT2D eigenvalue weighted by Gasteiger charge is -2.35. The van der Waals surface area contributed by atoms with Crippen molar-refractivity contribution < 1.29 is 9.84 Å². The summed E-state index contributed by atoms with van der Waals surface area (Å²) in [5.41, 5.74) is 3.48. The van der Waals surface area contributed by atoms with Crippen LogP contribution in [0.1, 0.15) is 24.2 Å². The SMILES string of the molecule is Cc1ccc(O[C@@H]2C[C@@H]3CN(c4ncc5c(ncn5C)n4)C[C@@H]3C[C@H]2O)c(C)n1. The summed E-state index contributed by atoms with van der Waals surface area (Å²) in [6.45, 7) is 5.65. The number of fused-ring (bicyclic) bond motifs is 2. The Morgan fingerprint density at radius 3 is 2.66 bits per heavy atom. The smallest absolute Gasteiger partial charge is 0.227 e. The minimum absolute atomic E-state index is 0.210. The molecule has 0 amide bonds. The second kappa shape index (κ2) is 6.95. The number of aryl methyl sites for hydroxylation is 3. The maximum Gasteiger partial charge on any atom is 0.227 e. The Bertz CT molecular complexity index is 1050. The van der Waals surface area contributed by atoms with Crippen molar-refractivity contribution in [2.24, 2.45) is 18.9 Å². The zero-order valence-electron chi connectivity index (χ0n) is 17.0. The number of pyridine rings is 1. The number of nitrogens with zero attached hydrogens (tertiary/aromatic N) is 6. The number of hydrogen-bond acceptors (Lipinski definition) is 7. The zero-order valence-corrected chi connectivity index (χ0v) is 17.0. The Morgan fingerprint density at radius 1 is 1.07 bits per heavy atom. The van der Waals surface area contributed by atoms with Crippen LogP contribution in [-0.2, 0) is 7.05 Å². The molecule has 0 aromatic carbocycles. The van der Waals surface area contributed by atoms with Crippen molar-refractivity contribution in [2.45, 2.75) is 38.9 Å². The maximum atomic E-state index is 10.7. The van der Waals surface area contributed by atoms with Crippen LogP contribution in [0, 0.1) is 25.7 Å². The summed E-state index contributed by atoms with van der Waals surface area (Å²) in [4.78, 5) is 20.2. The van der Waals surface area contributed by atoms with Gasteiger partial charge in [0, 0.05) is 25.8 Å². The molecule has 152 valence electrons. The van der Waals surface area contributed by atoms with Gasteiger partial charge in [0.2, 0.25) is 5.95 Å². The van der Waals surface area contributed by atoms with Crippen molar-refractivity contribution >= 4 is 17.1 Å². The molecule has 4 heterocycles. The van der Waals surface area contributed by atoms with E-state index in [9.17, 15) is 5.11 Å². The van der Waals surface area contributed by atoms with Crippen molar-refractivity contribution in [2.75, 3.05) is 18.0 Å². The summed E-state index contributed by atoms with van der Waals surface area (Å²) in [6, 6.07) is 3.90. The molecule has 1 N–H and O–H groups in total. The minimum Gasteiger partial charge on any atom is -0.486 e. The average molecular weight is 394 g/mol. The topological polar surface area (TPSA) is 89.2 Å². The standard InChI is InChI=1S/C21H26N6O2/c1-12-4-5-18(13(2)24-12)29-19-7-15-10-27(9-14(15)6-17(19)28)21-22-8-16-20(25-21)23-11-26(16)3/h4-5,8,11,14-15,17,19,28H,6-7,9-10H2,1-3H3/t14-,15+,17+,19+/m0/s1. The molecular weight excluding hydrogens is 368 g/mol. The normalized spacial score (nSPS) is 26.7. The lowest BCUT2D eigenvalue weighted by molar-refractivity contribution is -0.0236. The lowest BCUT2D eigenvalue weighted by Crippen LogP contribution is -2.42. The molecule has 0 radical (unpaired) electrons. The monoisotopic (exact) mass is 394 g/mol. The van der Waals surface area contributed by atoms with Crippen LogP contribution in [-0.4, -0.2) is 54.9 Å². The number of anilines is 1. The van der Waals surface area contributed by atoms with E-state index in [1.165, 1.54) is 0 Å². The first-order valence-electron chi connectivity index (χ1n) is 10.2. The van der Waals surface area contributed by atoms with Gasteiger partial charge in [-0.15, -0.1) is 0 Å². The highest BCUT2D eigenvalue weighted by Crippen LogP contribution is 2.39. The van der Waals surface area contributed by atoms with Gasteiger partial charge in [-0.3, -0.25) is 4.98 Å². The van der Waals surface area contributed by atoms with E-state index in [1.54, 1.807) is 6.33 Å². The maximum absolute atomic E-state index is 10.7. The predicted molar refractivity (Wildman–Crippen MR) is 109 cm³/mol. The molecule has 1 saturated carbocycles. The quantitative estimate of drug-likeness (QED) is 0.727. The Labute approximate surface area is 169 Å². The second-order valence-corrected chi connectivity index (χ2v) is 8.39. The van der Waals surface area contributed by atoms with E-state index >= 15 is 0 Å². The Morgan fingerprint density at radius 2 is 1.86 bits per heavy atom. The Kier molecular flexibility index (Phi) is 4.38. The van der Waals surface area contributed by atoms with Gasteiger partial charge < -0.3 is 19.3 Å². The molecule has 3 aromatic heterocycles. The van der Waals surface area contributed by atoms with Crippen LogP contribution in [0.5, 0.6) is 5.75 Å². The van der Waals surface area contributed by atoms with Gasteiger partial charge in [-0.05, 0) is 50.7 Å². The summed E-state index contributed by atoms with van der Waals surface area (Å²) in [7, 11) is 1.94. The average Bonchev–Trinajstić information content (AvgIpc) is 3.27. The molecule has 0 unspecified atom stereocenters. The molecule has 3 aromatic rings. The number of aromatic nitrogens is 5. The summed E-state index contributed by atoms with van der Waals surface area (Å²) in [5, 5.41) is 10.7. The van der Waals surface area contributed by atoms with E-state index in [0.717, 1.165) is 60.2 Å². The molecule has 8 nitrogen and oxygen atoms in total. The fourth-order valence-corrected chi connectivity index (χ4v) is 4.70. The van der Waals surface area contributed by atoms with Crippen LogP contribution < -0.4 is 9.64 Å². The molecule has 5 rings (SSSR count). The van der Waals surface area contributed by atoms with Gasteiger partial charge in [0.05, 0.1) is 24.3 Å². The van der Waals surface area contributed by atoms with Crippen LogP contribution in [0.15, 0.2) is 24.7 Å². The second-order valence-electron chi connectivity index (χ2n) is 8.39. The van der Waals surface area contributed by atoms with Gasteiger partial charge in [0.25, 0.3) is 0 Å². The highest BCUT2D eigenvalue weighted by Gasteiger charge is 2.43. The molecule has 4 atom stereocenters. The zero-order chi connectivity index (χ0) is 20.1. The largest absolute Gasteiger partial charge is 0.486 e. The summed E-state index contributed by atoms with van der Waals surface area (Å²) < 4.78 is 8.11. The van der Waals surface area contributed by atoms with Crippen molar-refractivity contribution in [1.29, 1.82) is 0 Å². The van der Waals surface area contributed by atoms with Crippen molar-refractivity contribution in [3.05, 3.63) is 36.0 Å². The Balaban J connectivity index is 1.31. The molecule has 2 aliphatic rings. The summed E-state index contributed by atoms with van der Waals surface area (Å²) in [6.07, 6.45) is 4.46. The fraction of sp³-hybridized carbons (Fsp3) is 0.524. The van der Waals surface area contributed by atoms with Crippen molar-refractivity contribution in [3.63, 3.8) is 0 Å². The van der Waals surface area contributed by atoms with Gasteiger partial charge in [-0.25, -0.2) is 9.97 Å². The molecule has 8 heteroatoms. The lowest BCUT2D eigenvalue weighted by atomic mass is 9.78. The molecule has 29 heavy (non-hydrogen) atoms. The third-order valence-corrected chi connectivity index (χ3v) is 6.29. The highest BCUT2D eigenvalue weighted by atomic mass is 16.5. The number of hydrogen-bond donors (Lipinski definition) is 1. The van der Waals surface area contributed by atoms with Crippen LogP contribution in [0.25, 0.3) is 11.2 Å². The van der Waals surface area contributed by atoms with Gasteiger partial charge in [-0.2, -0.15) is 4.98 Å². The number of aliphatic hydroxyl groups excluding tert-OH is 1. The number of aliphatic hydroxyl groups is 1. The Hall–Kier alpha value is -2.74. The summed E-state index contributed by atoms with van der Waals surface area (Å²) >= 11 is 0. The van der Waals surface area contributed by atoms with Crippen molar-refractivity contribution in [3.8, 4) is 5.75 Å². The third-order valence-electron chi connectivity index (χ3n) is 6.29. The molecule has 0 bridgehead atoms. The first-order chi connectivity index (χ1) is 14.0. The summed E-state index contributed by atoms with van der Waals surface area (Å²) in [5.74, 6) is 2.35. The van der Waals surface area contributed by atoms with E-state index < -0.39 is 6.10 Å². The molecule has 0 spiro atoms. The number of ether oxygens (including phenoxy) is 1. The van der Waals surface area contributed by atoms with Gasteiger partial charge in [-0.1, -0.05) is 0 Å². The van der Waals surface area contributed by atoms with Crippen LogP contribution in [0.3, 0.4) is 0 Å². The van der Waals surface area contributed by atoms with Crippen LogP contribution in [0.2, 0.25) is 0 Å². The van der Waals surface area contributed by atoms with Gasteiger partial charge >= 0.3 is 0 Å². The molecular formula is C21H26N6O2. The molecule has 1 aliphatic carbocycles. The predicted octanol–water partition coefficient (Wildman–Crippen LogP) is 2.03. The van der Waals surface area contributed by atoms with Crippen LogP contribution in [0.4, 0.5) is 5.95 Å². The van der Waals surface area contributed by atoms with Crippen molar-refractivity contribution in [1.82, 2.24) is 24.5 Å². The first-order valence-corrected chi connectivity index (χ1v) is 10.2. The fourth-order valence-electron chi connectivity index (χ4n) is 4.70. The van der Waals surface area contributed by atoms with Crippen LogP contribution >= 0.6 is 0 Å². The molecule has 1 aliphatic heterocycles. The van der Waals surface area contributed by atoms with E-state index in [4.69, 9.17) is 4.74 Å². The third kappa shape index (κ3) is 3.31. The van der Waals surface area contributed by atoms with Gasteiger partial charge in [0.1, 0.15) is 17.4 Å². The van der Waals surface area contributed by atoms with E-state index in [0.29, 0.717) is 11.8 Å². The number of imidazole rings is 1. The van der Waals surface area contributed by atoms with E-state index in [1.807, 2.05) is 43.8 Å².